The Morgan fingerprint density at radius 1 is 1.06 bits per heavy atom. The second kappa shape index (κ2) is 9.57. The van der Waals surface area contributed by atoms with Gasteiger partial charge < -0.3 is 19.5 Å². The van der Waals surface area contributed by atoms with Gasteiger partial charge in [-0.1, -0.05) is 6.07 Å². The van der Waals surface area contributed by atoms with E-state index in [9.17, 15) is 13.2 Å². The molecule has 0 radical (unpaired) electrons. The predicted molar refractivity (Wildman–Crippen MR) is 116 cm³/mol. The van der Waals surface area contributed by atoms with Crippen LogP contribution in [0.15, 0.2) is 41.3 Å². The van der Waals surface area contributed by atoms with Gasteiger partial charge in [0.15, 0.2) is 11.5 Å². The highest BCUT2D eigenvalue weighted by molar-refractivity contribution is 7.89. The van der Waals surface area contributed by atoms with E-state index in [0.29, 0.717) is 11.5 Å². The molecule has 168 valence electrons. The third-order valence-electron chi connectivity index (χ3n) is 5.43. The Balaban J connectivity index is 1.71. The summed E-state index contributed by atoms with van der Waals surface area (Å²) in [6, 6.07) is 10.00. The first-order chi connectivity index (χ1) is 14.8. The molecule has 1 aliphatic carbocycles. The maximum absolute atomic E-state index is 12.9. The molecule has 0 unspecified atom stereocenters. The molecule has 31 heavy (non-hydrogen) atoms. The minimum atomic E-state index is -3.88. The third kappa shape index (κ3) is 4.94. The number of carbonyl (C=O) groups excluding carboxylic acids is 1. The second-order valence-electron chi connectivity index (χ2n) is 7.35. The lowest BCUT2D eigenvalue weighted by molar-refractivity contribution is -0.122. The number of sulfonamides is 1. The number of hydrogen-bond donors (Lipinski definition) is 1. The van der Waals surface area contributed by atoms with Crippen molar-refractivity contribution in [3.63, 3.8) is 0 Å². The van der Waals surface area contributed by atoms with Gasteiger partial charge in [0.25, 0.3) is 0 Å². The van der Waals surface area contributed by atoms with E-state index < -0.39 is 10.0 Å². The molecule has 1 amide bonds. The number of hydrogen-bond acceptors (Lipinski definition) is 6. The Hall–Kier alpha value is -2.78. The average Bonchev–Trinajstić information content (AvgIpc) is 2.78. The number of rotatable bonds is 8. The monoisotopic (exact) mass is 448 g/mol. The number of carbonyl (C=O) groups is 1. The Morgan fingerprint density at radius 3 is 2.48 bits per heavy atom. The predicted octanol–water partition coefficient (Wildman–Crippen LogP) is 2.53. The molecule has 0 saturated heterocycles. The molecule has 0 spiro atoms. The minimum absolute atomic E-state index is 0.0237. The molecule has 0 saturated carbocycles. The Labute approximate surface area is 183 Å². The highest BCUT2D eigenvalue weighted by atomic mass is 32.2. The lowest BCUT2D eigenvalue weighted by Gasteiger charge is -2.27. The van der Waals surface area contributed by atoms with Crippen LogP contribution in [0.2, 0.25) is 0 Å². The van der Waals surface area contributed by atoms with Gasteiger partial charge in [0.1, 0.15) is 5.75 Å². The smallest absolute Gasteiger partial charge is 0.243 e. The number of ether oxygens (including phenoxy) is 3. The lowest BCUT2D eigenvalue weighted by atomic mass is 9.87. The fraction of sp³-hybridized carbons (Fsp3) is 0.409. The lowest BCUT2D eigenvalue weighted by Crippen LogP contribution is -2.40. The van der Waals surface area contributed by atoms with Gasteiger partial charge in [-0.2, -0.15) is 4.31 Å². The van der Waals surface area contributed by atoms with E-state index in [1.807, 2.05) is 18.2 Å². The van der Waals surface area contributed by atoms with Crippen LogP contribution in [0.5, 0.6) is 17.2 Å². The van der Waals surface area contributed by atoms with Gasteiger partial charge in [-0.3, -0.25) is 4.79 Å². The zero-order valence-electron chi connectivity index (χ0n) is 18.2. The van der Waals surface area contributed by atoms with Crippen LogP contribution in [0.4, 0.5) is 0 Å². The van der Waals surface area contributed by atoms with E-state index in [0.717, 1.165) is 40.4 Å². The molecule has 1 N–H and O–H groups in total. The maximum Gasteiger partial charge on any atom is 0.243 e. The van der Waals surface area contributed by atoms with Crippen LogP contribution >= 0.6 is 0 Å². The molecule has 0 heterocycles. The first-order valence-electron chi connectivity index (χ1n) is 9.94. The van der Waals surface area contributed by atoms with Crippen LogP contribution < -0.4 is 19.5 Å². The van der Waals surface area contributed by atoms with Gasteiger partial charge in [0.2, 0.25) is 15.9 Å². The van der Waals surface area contributed by atoms with Crippen LogP contribution in [0.25, 0.3) is 0 Å². The van der Waals surface area contributed by atoms with Gasteiger partial charge in [0, 0.05) is 13.1 Å². The summed E-state index contributed by atoms with van der Waals surface area (Å²) in [6.07, 6.45) is 2.66. The number of benzene rings is 2. The molecule has 3 rings (SSSR count). The van der Waals surface area contributed by atoms with Crippen LogP contribution in [-0.4, -0.2) is 53.6 Å². The second-order valence-corrected chi connectivity index (χ2v) is 9.40. The van der Waals surface area contributed by atoms with Crippen LogP contribution in [-0.2, 0) is 21.2 Å². The molecule has 1 atom stereocenters. The summed E-state index contributed by atoms with van der Waals surface area (Å²) in [6.45, 7) is -0.293. The van der Waals surface area contributed by atoms with Crippen molar-refractivity contribution in [1.29, 1.82) is 0 Å². The van der Waals surface area contributed by atoms with Crippen molar-refractivity contribution >= 4 is 15.9 Å². The average molecular weight is 449 g/mol. The van der Waals surface area contributed by atoms with E-state index >= 15 is 0 Å². The van der Waals surface area contributed by atoms with Gasteiger partial charge >= 0.3 is 0 Å². The number of likely N-dealkylation sites (N-methyl/N-ethyl adjacent to an activating group) is 1. The van der Waals surface area contributed by atoms with E-state index in [4.69, 9.17) is 14.2 Å². The highest BCUT2D eigenvalue weighted by Crippen LogP contribution is 2.33. The van der Waals surface area contributed by atoms with Gasteiger partial charge in [-0.15, -0.1) is 0 Å². The summed E-state index contributed by atoms with van der Waals surface area (Å²) < 4.78 is 42.5. The summed E-state index contributed by atoms with van der Waals surface area (Å²) in [5.41, 5.74) is 2.19. The van der Waals surface area contributed by atoms with Gasteiger partial charge in [0.05, 0.1) is 38.8 Å². The molecule has 0 bridgehead atoms. The van der Waals surface area contributed by atoms with E-state index in [2.05, 4.69) is 5.32 Å². The molecular formula is C22H28N2O6S. The highest BCUT2D eigenvalue weighted by Gasteiger charge is 2.27. The van der Waals surface area contributed by atoms with Crippen LogP contribution in [0.1, 0.15) is 30.0 Å². The maximum atomic E-state index is 12.9. The molecule has 8 nitrogen and oxygen atoms in total. The quantitative estimate of drug-likeness (QED) is 0.667. The van der Waals surface area contributed by atoms with Crippen molar-refractivity contribution in [2.75, 3.05) is 34.9 Å². The fourth-order valence-electron chi connectivity index (χ4n) is 3.75. The van der Waals surface area contributed by atoms with Crippen LogP contribution in [0, 0.1) is 0 Å². The van der Waals surface area contributed by atoms with Gasteiger partial charge in [-0.25, -0.2) is 8.42 Å². The van der Waals surface area contributed by atoms with Crippen molar-refractivity contribution in [3.8, 4) is 17.2 Å². The molecule has 2 aromatic carbocycles. The summed E-state index contributed by atoms with van der Waals surface area (Å²) in [5.74, 6) is 1.15. The molecule has 0 fully saturated rings. The van der Waals surface area contributed by atoms with Crippen molar-refractivity contribution in [2.24, 2.45) is 0 Å². The van der Waals surface area contributed by atoms with E-state index in [-0.39, 0.29) is 23.4 Å². The van der Waals surface area contributed by atoms with E-state index in [1.165, 1.54) is 39.5 Å². The SMILES string of the molecule is COc1ccc2c(c1)CCC[C@H]2NC(=O)CN(C)S(=O)(=O)c1ccc(OC)c(OC)c1. The van der Waals surface area contributed by atoms with Crippen molar-refractivity contribution < 1.29 is 27.4 Å². The Bertz CT molecular complexity index is 1050. The Kier molecular flexibility index (Phi) is 7.07. The van der Waals surface area contributed by atoms with E-state index in [1.54, 1.807) is 7.11 Å². The number of nitrogens with zero attached hydrogens (tertiary/aromatic N) is 1. The third-order valence-corrected chi connectivity index (χ3v) is 7.23. The summed E-state index contributed by atoms with van der Waals surface area (Å²) >= 11 is 0. The van der Waals surface area contributed by atoms with Crippen molar-refractivity contribution in [1.82, 2.24) is 9.62 Å². The number of amides is 1. The zero-order chi connectivity index (χ0) is 22.6. The standard InChI is InChI=1S/C22H28N2O6S/c1-24(31(26,27)17-9-11-20(29-3)21(13-17)30-4)14-22(25)23-19-7-5-6-15-12-16(28-2)8-10-18(15)19/h8-13,19H,5-7,14H2,1-4H3,(H,23,25)/t19-/m1/s1. The number of methoxy groups -OCH3 is 3. The summed E-state index contributed by atoms with van der Waals surface area (Å²) in [7, 11) is 2.03. The molecule has 0 aromatic heterocycles. The topological polar surface area (TPSA) is 94.2 Å². The van der Waals surface area contributed by atoms with Crippen molar-refractivity contribution in [3.05, 3.63) is 47.5 Å². The number of nitrogens with one attached hydrogen (secondary N) is 1. The van der Waals surface area contributed by atoms with Gasteiger partial charge in [-0.05, 0) is 54.7 Å². The molecule has 1 aliphatic rings. The zero-order valence-corrected chi connectivity index (χ0v) is 19.0. The molecule has 2 aromatic rings. The van der Waals surface area contributed by atoms with Crippen molar-refractivity contribution in [2.45, 2.75) is 30.2 Å². The summed E-state index contributed by atoms with van der Waals surface area (Å²) in [4.78, 5) is 12.7. The number of fused-ring (bicyclic) bond motifs is 1. The number of aryl methyl sites for hydroxylation is 1. The normalized spacial score (nSPS) is 15.8. The molecule has 9 heteroatoms. The molecular weight excluding hydrogens is 420 g/mol. The molecule has 0 aliphatic heterocycles. The largest absolute Gasteiger partial charge is 0.497 e. The Morgan fingerprint density at radius 2 is 1.81 bits per heavy atom. The first kappa shape index (κ1) is 22.9. The fourth-order valence-corrected chi connectivity index (χ4v) is 4.89. The van der Waals surface area contributed by atoms with Crippen LogP contribution in [0.3, 0.4) is 0 Å². The first-order valence-corrected chi connectivity index (χ1v) is 11.4. The summed E-state index contributed by atoms with van der Waals surface area (Å²) in [5, 5.41) is 2.98. The minimum Gasteiger partial charge on any atom is -0.497 e.